The van der Waals surface area contributed by atoms with Crippen molar-refractivity contribution in [3.05, 3.63) is 12.1 Å². The Morgan fingerprint density at radius 2 is 2.11 bits per heavy atom. The lowest BCUT2D eigenvalue weighted by Crippen LogP contribution is -2.14. The van der Waals surface area contributed by atoms with E-state index in [1.54, 1.807) is 6.07 Å². The molecule has 0 aliphatic rings. The largest absolute Gasteiger partial charge is 0.476 e. The molecular weight excluding hydrogens is 230 g/mol. The van der Waals surface area contributed by atoms with E-state index in [-0.39, 0.29) is 6.10 Å². The van der Waals surface area contributed by atoms with Crippen LogP contribution in [0.5, 0.6) is 5.88 Å². The molecule has 0 aliphatic carbocycles. The first-order valence-corrected chi connectivity index (χ1v) is 6.38. The Balaban J connectivity index is 2.45. The van der Waals surface area contributed by atoms with Crippen LogP contribution in [0.4, 0.5) is 11.5 Å². The molecular formula is C13H23N3O2. The van der Waals surface area contributed by atoms with E-state index in [1.807, 2.05) is 26.8 Å². The van der Waals surface area contributed by atoms with Gasteiger partial charge < -0.3 is 20.5 Å². The molecule has 0 aromatic carbocycles. The van der Waals surface area contributed by atoms with Gasteiger partial charge in [-0.25, -0.2) is 0 Å². The number of nitrogens with two attached hydrogens (primary N) is 1. The van der Waals surface area contributed by atoms with E-state index in [4.69, 9.17) is 15.2 Å². The van der Waals surface area contributed by atoms with Gasteiger partial charge in [-0.2, -0.15) is 4.98 Å². The van der Waals surface area contributed by atoms with Crippen molar-refractivity contribution >= 4 is 11.5 Å². The summed E-state index contributed by atoms with van der Waals surface area (Å²) in [7, 11) is 0. The van der Waals surface area contributed by atoms with E-state index in [9.17, 15) is 0 Å². The summed E-state index contributed by atoms with van der Waals surface area (Å²) in [5.74, 6) is 1.24. The van der Waals surface area contributed by atoms with E-state index in [0.29, 0.717) is 31.3 Å². The highest BCUT2D eigenvalue weighted by Gasteiger charge is 2.03. The summed E-state index contributed by atoms with van der Waals surface area (Å²) >= 11 is 0. The van der Waals surface area contributed by atoms with Crippen molar-refractivity contribution in [1.82, 2.24) is 4.98 Å². The third kappa shape index (κ3) is 5.23. The minimum atomic E-state index is 0.245. The highest BCUT2D eigenvalue weighted by atomic mass is 16.5. The predicted octanol–water partition coefficient (Wildman–Crippen LogP) is 2.29. The van der Waals surface area contributed by atoms with E-state index in [0.717, 1.165) is 12.2 Å². The van der Waals surface area contributed by atoms with E-state index in [1.165, 1.54) is 0 Å². The number of hydrogen-bond acceptors (Lipinski definition) is 5. The smallest absolute Gasteiger partial charge is 0.239 e. The number of ether oxygens (including phenoxy) is 2. The topological polar surface area (TPSA) is 69.4 Å². The zero-order chi connectivity index (χ0) is 13.4. The average molecular weight is 253 g/mol. The van der Waals surface area contributed by atoms with Gasteiger partial charge in [0.2, 0.25) is 5.88 Å². The fourth-order valence-electron chi connectivity index (χ4n) is 1.34. The monoisotopic (exact) mass is 253 g/mol. The molecule has 0 spiro atoms. The zero-order valence-electron chi connectivity index (χ0n) is 11.4. The third-order valence-electron chi connectivity index (χ3n) is 2.19. The maximum absolute atomic E-state index is 5.78. The second kappa shape index (κ2) is 7.76. The molecule has 1 aromatic rings. The van der Waals surface area contributed by atoms with Crippen LogP contribution in [-0.4, -0.2) is 30.8 Å². The Hall–Kier alpha value is -1.49. The number of nitrogens with one attached hydrogen (secondary N) is 1. The molecule has 0 saturated heterocycles. The Kier molecular flexibility index (Phi) is 6.28. The molecule has 18 heavy (non-hydrogen) atoms. The Morgan fingerprint density at radius 1 is 1.33 bits per heavy atom. The van der Waals surface area contributed by atoms with E-state index >= 15 is 0 Å². The summed E-state index contributed by atoms with van der Waals surface area (Å²) in [4.78, 5) is 4.31. The lowest BCUT2D eigenvalue weighted by molar-refractivity contribution is 0.0870. The van der Waals surface area contributed by atoms with E-state index in [2.05, 4.69) is 10.3 Å². The zero-order valence-corrected chi connectivity index (χ0v) is 11.4. The highest BCUT2D eigenvalue weighted by Crippen LogP contribution is 2.20. The predicted molar refractivity (Wildman–Crippen MR) is 74.0 cm³/mol. The molecule has 0 unspecified atom stereocenters. The Labute approximate surface area is 109 Å². The molecule has 1 heterocycles. The molecule has 102 valence electrons. The minimum absolute atomic E-state index is 0.245. The van der Waals surface area contributed by atoms with Crippen molar-refractivity contribution < 1.29 is 9.47 Å². The van der Waals surface area contributed by atoms with Crippen LogP contribution >= 0.6 is 0 Å². The van der Waals surface area contributed by atoms with Crippen LogP contribution in [0.15, 0.2) is 12.1 Å². The van der Waals surface area contributed by atoms with Crippen molar-refractivity contribution in [2.45, 2.75) is 33.3 Å². The maximum atomic E-state index is 5.78. The van der Waals surface area contributed by atoms with E-state index < -0.39 is 0 Å². The number of anilines is 2. The standard InChI is InChI=1S/C13H23N3O2/c1-4-8-18-13-11(14)5-6-12(16-13)15-7-9-17-10(2)3/h5-6,10H,4,7-9,14H2,1-3H3,(H,15,16). The third-order valence-corrected chi connectivity index (χ3v) is 2.19. The van der Waals surface area contributed by atoms with Gasteiger partial charge in [-0.3, -0.25) is 0 Å². The summed E-state index contributed by atoms with van der Waals surface area (Å²) < 4.78 is 10.9. The molecule has 5 heteroatoms. The lowest BCUT2D eigenvalue weighted by atomic mass is 10.4. The van der Waals surface area contributed by atoms with Crippen molar-refractivity contribution in [2.75, 3.05) is 30.8 Å². The summed E-state index contributed by atoms with van der Waals surface area (Å²) in [5, 5.41) is 3.17. The Bertz CT molecular complexity index is 356. The van der Waals surface area contributed by atoms with Crippen LogP contribution in [-0.2, 0) is 4.74 Å². The van der Waals surface area contributed by atoms with Gasteiger partial charge in [0.05, 0.1) is 25.0 Å². The van der Waals surface area contributed by atoms with Gasteiger partial charge in [-0.15, -0.1) is 0 Å². The molecule has 0 atom stereocenters. The maximum Gasteiger partial charge on any atom is 0.239 e. The minimum Gasteiger partial charge on any atom is -0.476 e. The van der Waals surface area contributed by atoms with Crippen LogP contribution in [0.3, 0.4) is 0 Å². The van der Waals surface area contributed by atoms with Gasteiger partial charge in [0.15, 0.2) is 0 Å². The second-order valence-electron chi connectivity index (χ2n) is 4.29. The number of aromatic nitrogens is 1. The van der Waals surface area contributed by atoms with Crippen molar-refractivity contribution in [1.29, 1.82) is 0 Å². The summed E-state index contributed by atoms with van der Waals surface area (Å²) in [5.41, 5.74) is 6.35. The van der Waals surface area contributed by atoms with Gasteiger partial charge in [-0.05, 0) is 32.4 Å². The average Bonchev–Trinajstić information content (AvgIpc) is 2.34. The van der Waals surface area contributed by atoms with Gasteiger partial charge in [-0.1, -0.05) is 6.92 Å². The normalized spacial score (nSPS) is 10.7. The van der Waals surface area contributed by atoms with Gasteiger partial charge in [0, 0.05) is 6.54 Å². The molecule has 0 bridgehead atoms. The quantitative estimate of drug-likeness (QED) is 0.696. The lowest BCUT2D eigenvalue weighted by Gasteiger charge is -2.11. The fraction of sp³-hybridized carbons (Fsp3) is 0.615. The van der Waals surface area contributed by atoms with Crippen LogP contribution in [0.25, 0.3) is 0 Å². The number of pyridine rings is 1. The molecule has 1 aromatic heterocycles. The van der Waals surface area contributed by atoms with Gasteiger partial charge >= 0.3 is 0 Å². The number of hydrogen-bond donors (Lipinski definition) is 2. The summed E-state index contributed by atoms with van der Waals surface area (Å²) in [6.07, 6.45) is 1.18. The molecule has 1 rings (SSSR count). The first kappa shape index (κ1) is 14.6. The number of nitrogens with zero attached hydrogens (tertiary/aromatic N) is 1. The Morgan fingerprint density at radius 3 is 2.78 bits per heavy atom. The first-order valence-electron chi connectivity index (χ1n) is 6.38. The SMILES string of the molecule is CCCOc1nc(NCCOC(C)C)ccc1N. The molecule has 0 aliphatic heterocycles. The van der Waals surface area contributed by atoms with Crippen molar-refractivity contribution in [3.8, 4) is 5.88 Å². The molecule has 0 fully saturated rings. The van der Waals surface area contributed by atoms with Crippen LogP contribution in [0.2, 0.25) is 0 Å². The van der Waals surface area contributed by atoms with Crippen molar-refractivity contribution in [2.24, 2.45) is 0 Å². The molecule has 0 amide bonds. The molecule has 5 nitrogen and oxygen atoms in total. The molecule has 0 saturated carbocycles. The van der Waals surface area contributed by atoms with Crippen LogP contribution in [0, 0.1) is 0 Å². The summed E-state index contributed by atoms with van der Waals surface area (Å²) in [6, 6.07) is 3.63. The fourth-order valence-corrected chi connectivity index (χ4v) is 1.34. The molecule has 0 radical (unpaired) electrons. The van der Waals surface area contributed by atoms with Gasteiger partial charge in [0.25, 0.3) is 0 Å². The molecule has 3 N–H and O–H groups in total. The first-order chi connectivity index (χ1) is 8.63. The summed E-state index contributed by atoms with van der Waals surface area (Å²) in [6.45, 7) is 8.05. The number of rotatable bonds is 8. The number of nitrogen functional groups attached to an aromatic ring is 1. The van der Waals surface area contributed by atoms with Crippen LogP contribution in [0.1, 0.15) is 27.2 Å². The van der Waals surface area contributed by atoms with Gasteiger partial charge in [0.1, 0.15) is 5.82 Å². The van der Waals surface area contributed by atoms with Crippen molar-refractivity contribution in [3.63, 3.8) is 0 Å². The van der Waals surface area contributed by atoms with Crippen LogP contribution < -0.4 is 15.8 Å². The second-order valence-corrected chi connectivity index (χ2v) is 4.29. The highest BCUT2D eigenvalue weighted by molar-refractivity contribution is 5.53.